The summed E-state index contributed by atoms with van der Waals surface area (Å²) in [6.45, 7) is -0.676. The van der Waals surface area contributed by atoms with Gasteiger partial charge in [-0.15, -0.1) is 12.3 Å². The first kappa shape index (κ1) is 20.0. The van der Waals surface area contributed by atoms with E-state index in [4.69, 9.17) is 11.2 Å². The number of nitrogens with one attached hydrogen (secondary N) is 2. The number of alkyl carbamates (subject to hydrolysis) is 1. The van der Waals surface area contributed by atoms with Crippen LogP contribution in [-0.4, -0.2) is 48.9 Å². The lowest BCUT2D eigenvalue weighted by molar-refractivity contribution is -0.145. The second-order valence-corrected chi connectivity index (χ2v) is 4.93. The van der Waals surface area contributed by atoms with Crippen molar-refractivity contribution in [3.8, 4) is 12.3 Å². The van der Waals surface area contributed by atoms with Crippen molar-refractivity contribution < 1.29 is 29.0 Å². The highest BCUT2D eigenvalue weighted by Gasteiger charge is 2.26. The summed E-state index contributed by atoms with van der Waals surface area (Å²) in [6.07, 6.45) is 4.16. The predicted octanol–water partition coefficient (Wildman–Crippen LogP) is -0.0452. The summed E-state index contributed by atoms with van der Waals surface area (Å²) >= 11 is 0. The molecule has 0 aliphatic carbocycles. The number of benzene rings is 1. The Balaban J connectivity index is 2.55. The van der Waals surface area contributed by atoms with Crippen molar-refractivity contribution in [2.24, 2.45) is 0 Å². The highest BCUT2D eigenvalue weighted by Crippen LogP contribution is 2.01. The summed E-state index contributed by atoms with van der Waals surface area (Å²) in [5.74, 6) is 0.720. The maximum Gasteiger partial charge on any atom is 0.408 e. The van der Waals surface area contributed by atoms with Gasteiger partial charge in [0.05, 0.1) is 13.7 Å². The summed E-state index contributed by atoms with van der Waals surface area (Å²) in [4.78, 5) is 35.3. The molecule has 0 saturated carbocycles. The highest BCUT2D eigenvalue weighted by molar-refractivity contribution is 5.89. The van der Waals surface area contributed by atoms with Crippen molar-refractivity contribution in [3.05, 3.63) is 35.9 Å². The molecule has 0 heterocycles. The number of aliphatic hydroxyl groups is 1. The van der Waals surface area contributed by atoms with E-state index >= 15 is 0 Å². The standard InChI is InChI=1S/C17H20N2O6/c1-3-7-13(16(22)24-2)18-15(21)14(10-20)19-17(23)25-11-12-8-5-4-6-9-12/h1,4-6,8-9,13-14,20H,7,10-11H2,2H3,(H,18,21)(H,19,23)/t13-,14+/m1/s1. The smallest absolute Gasteiger partial charge is 0.408 e. The molecule has 0 fully saturated rings. The molecule has 0 aliphatic heterocycles. The first-order valence-electron chi connectivity index (χ1n) is 7.41. The topological polar surface area (TPSA) is 114 Å². The van der Waals surface area contributed by atoms with Crippen LogP contribution in [0.2, 0.25) is 0 Å². The lowest BCUT2D eigenvalue weighted by Gasteiger charge is -2.19. The van der Waals surface area contributed by atoms with Gasteiger partial charge in [-0.1, -0.05) is 30.3 Å². The van der Waals surface area contributed by atoms with E-state index in [2.05, 4.69) is 21.3 Å². The minimum atomic E-state index is -1.30. The molecule has 0 spiro atoms. The van der Waals surface area contributed by atoms with E-state index in [1.165, 1.54) is 0 Å². The second-order valence-electron chi connectivity index (χ2n) is 4.93. The van der Waals surface area contributed by atoms with Crippen molar-refractivity contribution in [2.45, 2.75) is 25.1 Å². The molecule has 8 nitrogen and oxygen atoms in total. The van der Waals surface area contributed by atoms with Gasteiger partial charge in [-0.3, -0.25) is 4.79 Å². The lowest BCUT2D eigenvalue weighted by Crippen LogP contribution is -2.53. The number of hydrogen-bond donors (Lipinski definition) is 3. The SMILES string of the molecule is C#CC[C@@H](NC(=O)[C@H](CO)NC(=O)OCc1ccccc1)C(=O)OC. The van der Waals surface area contributed by atoms with Crippen molar-refractivity contribution in [1.82, 2.24) is 10.6 Å². The molecule has 1 rings (SSSR count). The van der Waals surface area contributed by atoms with Gasteiger partial charge in [-0.05, 0) is 5.56 Å². The number of ether oxygens (including phenoxy) is 2. The zero-order valence-corrected chi connectivity index (χ0v) is 13.7. The van der Waals surface area contributed by atoms with Crippen LogP contribution in [0.5, 0.6) is 0 Å². The monoisotopic (exact) mass is 348 g/mol. The van der Waals surface area contributed by atoms with Crippen LogP contribution in [0, 0.1) is 12.3 Å². The minimum Gasteiger partial charge on any atom is -0.467 e. The number of rotatable bonds is 8. The van der Waals surface area contributed by atoms with Crippen LogP contribution in [0.3, 0.4) is 0 Å². The molecule has 0 saturated heterocycles. The number of carbonyl (C=O) groups excluding carboxylic acids is 3. The second kappa shape index (κ2) is 10.7. The quantitative estimate of drug-likeness (QED) is 0.448. The van der Waals surface area contributed by atoms with Crippen LogP contribution in [0.15, 0.2) is 30.3 Å². The summed E-state index contributed by atoms with van der Waals surface area (Å²) in [6, 6.07) is 6.57. The maximum atomic E-state index is 12.1. The fraction of sp³-hybridized carbons (Fsp3) is 0.353. The molecule has 0 aliphatic rings. The first-order valence-corrected chi connectivity index (χ1v) is 7.41. The van der Waals surface area contributed by atoms with Gasteiger partial charge in [0.15, 0.2) is 0 Å². The predicted molar refractivity (Wildman–Crippen MR) is 88.0 cm³/mol. The largest absolute Gasteiger partial charge is 0.467 e. The number of hydrogen-bond acceptors (Lipinski definition) is 6. The molecule has 134 valence electrons. The Morgan fingerprint density at radius 3 is 2.44 bits per heavy atom. The van der Waals surface area contributed by atoms with E-state index < -0.39 is 36.7 Å². The molecule has 2 atom stereocenters. The number of methoxy groups -OCH3 is 1. The van der Waals surface area contributed by atoms with Gasteiger partial charge in [0.1, 0.15) is 18.7 Å². The molecule has 8 heteroatoms. The van der Waals surface area contributed by atoms with Gasteiger partial charge in [0.25, 0.3) is 0 Å². The molecule has 1 aromatic rings. The Morgan fingerprint density at radius 1 is 1.20 bits per heavy atom. The first-order chi connectivity index (χ1) is 12.0. The third kappa shape index (κ3) is 6.93. The normalized spacial score (nSPS) is 12.2. The van der Waals surface area contributed by atoms with Crippen LogP contribution in [0.1, 0.15) is 12.0 Å². The maximum absolute atomic E-state index is 12.1. The van der Waals surface area contributed by atoms with E-state index in [0.29, 0.717) is 0 Å². The van der Waals surface area contributed by atoms with Crippen molar-refractivity contribution in [2.75, 3.05) is 13.7 Å². The Morgan fingerprint density at radius 2 is 1.88 bits per heavy atom. The van der Waals surface area contributed by atoms with Gasteiger partial charge >= 0.3 is 12.1 Å². The highest BCUT2D eigenvalue weighted by atomic mass is 16.5. The summed E-state index contributed by atoms with van der Waals surface area (Å²) in [5, 5.41) is 13.8. The molecule has 1 aromatic carbocycles. The van der Waals surface area contributed by atoms with Gasteiger partial charge in [0.2, 0.25) is 5.91 Å². The van der Waals surface area contributed by atoms with Gasteiger partial charge in [-0.25, -0.2) is 9.59 Å². The van der Waals surface area contributed by atoms with Crippen LogP contribution in [0.4, 0.5) is 4.79 Å². The van der Waals surface area contributed by atoms with Crippen LogP contribution >= 0.6 is 0 Å². The van der Waals surface area contributed by atoms with E-state index in [1.54, 1.807) is 24.3 Å². The van der Waals surface area contributed by atoms with E-state index in [1.807, 2.05) is 6.07 Å². The fourth-order valence-electron chi connectivity index (χ4n) is 1.83. The van der Waals surface area contributed by atoms with Crippen molar-refractivity contribution in [1.29, 1.82) is 0 Å². The number of amides is 2. The van der Waals surface area contributed by atoms with Crippen molar-refractivity contribution >= 4 is 18.0 Å². The average molecular weight is 348 g/mol. The molecule has 0 aromatic heterocycles. The Labute approximate surface area is 145 Å². The van der Waals surface area contributed by atoms with E-state index in [-0.39, 0.29) is 13.0 Å². The molecule has 2 amide bonds. The Hall–Kier alpha value is -3.05. The number of esters is 1. The fourth-order valence-corrected chi connectivity index (χ4v) is 1.83. The third-order valence-corrected chi connectivity index (χ3v) is 3.13. The molecule has 0 bridgehead atoms. The Kier molecular flexibility index (Phi) is 8.54. The summed E-state index contributed by atoms with van der Waals surface area (Å²) < 4.78 is 9.49. The van der Waals surface area contributed by atoms with E-state index in [0.717, 1.165) is 12.7 Å². The molecule has 0 radical (unpaired) electrons. The third-order valence-electron chi connectivity index (χ3n) is 3.13. The summed E-state index contributed by atoms with van der Waals surface area (Å²) in [5.41, 5.74) is 0.766. The molecule has 3 N–H and O–H groups in total. The number of carbonyl (C=O) groups is 3. The molecular formula is C17H20N2O6. The van der Waals surface area contributed by atoms with Gasteiger partial charge in [-0.2, -0.15) is 0 Å². The Bertz CT molecular complexity index is 626. The molecular weight excluding hydrogens is 328 g/mol. The van der Waals surface area contributed by atoms with Crippen LogP contribution < -0.4 is 10.6 Å². The number of aliphatic hydroxyl groups excluding tert-OH is 1. The summed E-state index contributed by atoms with van der Waals surface area (Å²) in [7, 11) is 1.15. The molecule has 0 unspecified atom stereocenters. The zero-order valence-electron chi connectivity index (χ0n) is 13.7. The van der Waals surface area contributed by atoms with Crippen LogP contribution in [-0.2, 0) is 25.7 Å². The zero-order chi connectivity index (χ0) is 18.7. The lowest BCUT2D eigenvalue weighted by atomic mass is 10.2. The van der Waals surface area contributed by atoms with Crippen LogP contribution in [0.25, 0.3) is 0 Å². The van der Waals surface area contributed by atoms with Gasteiger partial charge < -0.3 is 25.2 Å². The van der Waals surface area contributed by atoms with Gasteiger partial charge in [0, 0.05) is 6.42 Å². The molecule has 25 heavy (non-hydrogen) atoms. The van der Waals surface area contributed by atoms with E-state index in [9.17, 15) is 19.5 Å². The average Bonchev–Trinajstić information content (AvgIpc) is 2.64. The van der Waals surface area contributed by atoms with Crippen molar-refractivity contribution in [3.63, 3.8) is 0 Å². The minimum absolute atomic E-state index is 0.00825. The number of terminal acetylenes is 1.